The van der Waals surface area contributed by atoms with Gasteiger partial charge in [0, 0.05) is 34.7 Å². The molecule has 0 saturated carbocycles. The molecule has 1 aliphatic heterocycles. The third-order valence-corrected chi connectivity index (χ3v) is 5.06. The third-order valence-electron chi connectivity index (χ3n) is 2.30. The van der Waals surface area contributed by atoms with Gasteiger partial charge in [-0.1, -0.05) is 0 Å². The summed E-state index contributed by atoms with van der Waals surface area (Å²) in [6.07, 6.45) is 1.69. The molecule has 1 fully saturated rings. The molecule has 0 aliphatic carbocycles. The van der Waals surface area contributed by atoms with Crippen molar-refractivity contribution in [3.63, 3.8) is 0 Å². The minimum absolute atomic E-state index is 0.133. The number of carbonyl (C=O) groups is 1. The monoisotopic (exact) mass is 239 g/mol. The zero-order chi connectivity index (χ0) is 10.7. The second-order valence-electron chi connectivity index (χ2n) is 3.49. The fraction of sp³-hybridized carbons (Fsp3) is 0.455. The van der Waals surface area contributed by atoms with Gasteiger partial charge in [-0.15, -0.1) is 11.8 Å². The van der Waals surface area contributed by atoms with Gasteiger partial charge < -0.3 is 0 Å². The maximum Gasteiger partial charge on any atom is 0.178 e. The molecule has 0 amide bonds. The van der Waals surface area contributed by atoms with Gasteiger partial charge in [0.1, 0.15) is 0 Å². The van der Waals surface area contributed by atoms with Crippen LogP contribution in [0.2, 0.25) is 0 Å². The first-order chi connectivity index (χ1) is 7.27. The van der Waals surface area contributed by atoms with Gasteiger partial charge in [0.2, 0.25) is 0 Å². The number of hydrogen-bond donors (Lipinski definition) is 0. The summed E-state index contributed by atoms with van der Waals surface area (Å²) in [7, 11) is 0. The SMILES string of the molecule is Cc1ccc(C(=O)C2CSCCS2)cn1. The van der Waals surface area contributed by atoms with E-state index >= 15 is 0 Å². The minimum Gasteiger partial charge on any atom is -0.293 e. The van der Waals surface area contributed by atoms with Crippen LogP contribution in [-0.2, 0) is 0 Å². The summed E-state index contributed by atoms with van der Waals surface area (Å²) in [6, 6.07) is 3.78. The number of rotatable bonds is 2. The Morgan fingerprint density at radius 1 is 1.47 bits per heavy atom. The van der Waals surface area contributed by atoms with Gasteiger partial charge in [-0.3, -0.25) is 9.78 Å². The Bertz CT molecular complexity index is 344. The van der Waals surface area contributed by atoms with Crippen LogP contribution in [0.5, 0.6) is 0 Å². The fourth-order valence-corrected chi connectivity index (χ4v) is 4.07. The highest BCUT2D eigenvalue weighted by atomic mass is 32.2. The fourth-order valence-electron chi connectivity index (χ4n) is 1.44. The highest BCUT2D eigenvalue weighted by molar-refractivity contribution is 8.07. The lowest BCUT2D eigenvalue weighted by Crippen LogP contribution is -2.24. The predicted molar refractivity (Wildman–Crippen MR) is 66.9 cm³/mol. The summed E-state index contributed by atoms with van der Waals surface area (Å²) in [4.78, 5) is 16.2. The van der Waals surface area contributed by atoms with Gasteiger partial charge >= 0.3 is 0 Å². The van der Waals surface area contributed by atoms with Crippen molar-refractivity contribution in [2.45, 2.75) is 12.2 Å². The summed E-state index contributed by atoms with van der Waals surface area (Å²) < 4.78 is 0. The molecule has 1 saturated heterocycles. The lowest BCUT2D eigenvalue weighted by Gasteiger charge is -2.19. The molecule has 1 aliphatic rings. The topological polar surface area (TPSA) is 30.0 Å². The van der Waals surface area contributed by atoms with Gasteiger partial charge in [0.05, 0.1) is 5.25 Å². The zero-order valence-electron chi connectivity index (χ0n) is 8.60. The van der Waals surface area contributed by atoms with Crippen LogP contribution in [-0.4, -0.2) is 33.3 Å². The van der Waals surface area contributed by atoms with Crippen molar-refractivity contribution in [3.05, 3.63) is 29.6 Å². The van der Waals surface area contributed by atoms with Crippen LogP contribution >= 0.6 is 23.5 Å². The molecule has 0 bridgehead atoms. The summed E-state index contributed by atoms with van der Waals surface area (Å²) in [6.45, 7) is 1.93. The van der Waals surface area contributed by atoms with E-state index in [9.17, 15) is 4.79 Å². The van der Waals surface area contributed by atoms with Crippen molar-refractivity contribution in [3.8, 4) is 0 Å². The summed E-state index contributed by atoms with van der Waals surface area (Å²) in [5, 5.41) is 0.133. The average molecular weight is 239 g/mol. The largest absolute Gasteiger partial charge is 0.293 e. The molecular weight excluding hydrogens is 226 g/mol. The Morgan fingerprint density at radius 2 is 2.33 bits per heavy atom. The van der Waals surface area contributed by atoms with Gasteiger partial charge in [-0.25, -0.2) is 0 Å². The average Bonchev–Trinajstić information content (AvgIpc) is 2.30. The summed E-state index contributed by atoms with van der Waals surface area (Å²) in [5.41, 5.74) is 1.71. The molecule has 15 heavy (non-hydrogen) atoms. The number of ketones is 1. The molecule has 0 aromatic carbocycles. The second-order valence-corrected chi connectivity index (χ2v) is 5.95. The number of nitrogens with zero attached hydrogens (tertiary/aromatic N) is 1. The molecule has 2 nitrogen and oxygen atoms in total. The van der Waals surface area contributed by atoms with Gasteiger partial charge in [0.15, 0.2) is 5.78 Å². The van der Waals surface area contributed by atoms with E-state index in [1.807, 2.05) is 30.8 Å². The first kappa shape index (κ1) is 11.0. The van der Waals surface area contributed by atoms with Crippen LogP contribution in [0, 0.1) is 6.92 Å². The smallest absolute Gasteiger partial charge is 0.178 e. The molecule has 0 radical (unpaired) electrons. The number of carbonyl (C=O) groups excluding carboxylic acids is 1. The maximum atomic E-state index is 12.0. The molecular formula is C11H13NOS2. The predicted octanol–water partition coefficient (Wildman–Crippen LogP) is 2.42. The molecule has 1 atom stereocenters. The van der Waals surface area contributed by atoms with E-state index in [2.05, 4.69) is 4.98 Å². The summed E-state index contributed by atoms with van der Waals surface area (Å²) in [5.74, 6) is 3.43. The van der Waals surface area contributed by atoms with Gasteiger partial charge in [0.25, 0.3) is 0 Å². The molecule has 1 aromatic heterocycles. The number of pyridine rings is 1. The Balaban J connectivity index is 2.09. The summed E-state index contributed by atoms with van der Waals surface area (Å²) >= 11 is 3.64. The Labute approximate surface area is 98.2 Å². The number of thioether (sulfide) groups is 2. The van der Waals surface area contributed by atoms with Crippen molar-refractivity contribution < 1.29 is 4.79 Å². The van der Waals surface area contributed by atoms with E-state index in [0.29, 0.717) is 0 Å². The van der Waals surface area contributed by atoms with Crippen LogP contribution in [0.1, 0.15) is 16.1 Å². The molecule has 2 rings (SSSR count). The van der Waals surface area contributed by atoms with Gasteiger partial charge in [-0.05, 0) is 19.1 Å². The van der Waals surface area contributed by atoms with Crippen LogP contribution in [0.15, 0.2) is 18.3 Å². The minimum atomic E-state index is 0.133. The molecule has 2 heterocycles. The third kappa shape index (κ3) is 2.75. The van der Waals surface area contributed by atoms with Crippen molar-refractivity contribution in [1.82, 2.24) is 4.98 Å². The number of Topliss-reactive ketones (excluding diaryl/α,β-unsaturated/α-hetero) is 1. The van der Waals surface area contributed by atoms with Crippen LogP contribution in [0.25, 0.3) is 0 Å². The molecule has 1 unspecified atom stereocenters. The normalized spacial score (nSPS) is 21.3. The molecule has 4 heteroatoms. The van der Waals surface area contributed by atoms with Crippen molar-refractivity contribution in [2.75, 3.05) is 17.3 Å². The van der Waals surface area contributed by atoms with E-state index < -0.39 is 0 Å². The Morgan fingerprint density at radius 3 is 2.93 bits per heavy atom. The first-order valence-electron chi connectivity index (χ1n) is 4.93. The van der Waals surface area contributed by atoms with E-state index in [1.54, 1.807) is 18.0 Å². The van der Waals surface area contributed by atoms with Crippen molar-refractivity contribution in [1.29, 1.82) is 0 Å². The number of hydrogen-bond acceptors (Lipinski definition) is 4. The van der Waals surface area contributed by atoms with Crippen LogP contribution in [0.3, 0.4) is 0 Å². The lowest BCUT2D eigenvalue weighted by molar-refractivity contribution is 0.0995. The standard InChI is InChI=1S/C11H13NOS2/c1-8-2-3-9(6-12-8)11(13)10-7-14-4-5-15-10/h2-3,6,10H,4-5,7H2,1H3. The van der Waals surface area contributed by atoms with E-state index in [1.165, 1.54) is 5.75 Å². The zero-order valence-corrected chi connectivity index (χ0v) is 10.2. The van der Waals surface area contributed by atoms with Crippen molar-refractivity contribution in [2.24, 2.45) is 0 Å². The molecule has 0 spiro atoms. The van der Waals surface area contributed by atoms with E-state index in [-0.39, 0.29) is 11.0 Å². The number of aromatic nitrogens is 1. The molecule has 1 aromatic rings. The number of aryl methyl sites for hydroxylation is 1. The second kappa shape index (κ2) is 5.03. The van der Waals surface area contributed by atoms with Crippen LogP contribution < -0.4 is 0 Å². The first-order valence-corrected chi connectivity index (χ1v) is 7.14. The highest BCUT2D eigenvalue weighted by Crippen LogP contribution is 2.26. The van der Waals surface area contributed by atoms with Crippen molar-refractivity contribution >= 4 is 29.3 Å². The Kier molecular flexibility index (Phi) is 3.70. The van der Waals surface area contributed by atoms with Crippen LogP contribution in [0.4, 0.5) is 0 Å². The lowest BCUT2D eigenvalue weighted by atomic mass is 10.1. The highest BCUT2D eigenvalue weighted by Gasteiger charge is 2.23. The molecule has 80 valence electrons. The van der Waals surface area contributed by atoms with Gasteiger partial charge in [-0.2, -0.15) is 11.8 Å². The van der Waals surface area contributed by atoms with E-state index in [0.717, 1.165) is 22.8 Å². The maximum absolute atomic E-state index is 12.0. The molecule has 0 N–H and O–H groups in total. The quantitative estimate of drug-likeness (QED) is 0.741. The van der Waals surface area contributed by atoms with E-state index in [4.69, 9.17) is 0 Å². The Hall–Kier alpha value is -0.480.